The van der Waals surface area contributed by atoms with Crippen LogP contribution in [-0.2, 0) is 14.8 Å². The van der Waals surface area contributed by atoms with Gasteiger partial charge < -0.3 is 4.74 Å². The topological polar surface area (TPSA) is 63.7 Å². The number of carbonyl (C=O) groups excluding carboxylic acids is 1. The maximum atomic E-state index is 12.9. The summed E-state index contributed by atoms with van der Waals surface area (Å²) in [4.78, 5) is 12.3. The molecule has 0 amide bonds. The molecule has 0 bridgehead atoms. The second kappa shape index (κ2) is 8.78. The van der Waals surface area contributed by atoms with Crippen molar-refractivity contribution in [3.8, 4) is 5.75 Å². The van der Waals surface area contributed by atoms with Gasteiger partial charge >= 0.3 is 5.97 Å². The molecule has 0 unspecified atom stereocenters. The van der Waals surface area contributed by atoms with Crippen molar-refractivity contribution in [1.82, 2.24) is 4.31 Å². The van der Waals surface area contributed by atoms with E-state index in [1.807, 2.05) is 0 Å². The molecule has 10 heteroatoms. The molecule has 150 valence electrons. The second-order valence-electron chi connectivity index (χ2n) is 6.20. The molecular weight excluding hydrogens is 468 g/mol. The Morgan fingerprint density at radius 3 is 2.07 bits per heavy atom. The Hall–Kier alpha value is -1.02. The minimum Gasteiger partial charge on any atom is -0.425 e. The fourth-order valence-corrected chi connectivity index (χ4v) is 5.84. The number of hydrogen-bond donors (Lipinski definition) is 0. The van der Waals surface area contributed by atoms with E-state index in [4.69, 9.17) is 51.1 Å². The molecule has 1 aliphatic rings. The van der Waals surface area contributed by atoms with Crippen LogP contribution in [0.15, 0.2) is 41.3 Å². The van der Waals surface area contributed by atoms with Crippen molar-refractivity contribution in [3.05, 3.63) is 56.5 Å². The summed E-state index contributed by atoms with van der Waals surface area (Å²) in [6.07, 6.45) is 0.608. The first-order chi connectivity index (χ1) is 13.2. The molecule has 1 saturated heterocycles. The first-order valence-corrected chi connectivity index (χ1v) is 11.3. The van der Waals surface area contributed by atoms with Gasteiger partial charge in [-0.05, 0) is 37.1 Å². The largest absolute Gasteiger partial charge is 0.425 e. The predicted octanol–water partition coefficient (Wildman–Crippen LogP) is 5.31. The van der Waals surface area contributed by atoms with Crippen LogP contribution >= 0.6 is 46.4 Å². The van der Waals surface area contributed by atoms with Gasteiger partial charge in [0, 0.05) is 13.1 Å². The van der Waals surface area contributed by atoms with Crippen molar-refractivity contribution in [2.75, 3.05) is 13.1 Å². The van der Waals surface area contributed by atoms with Crippen molar-refractivity contribution in [3.63, 3.8) is 0 Å². The van der Waals surface area contributed by atoms with E-state index in [9.17, 15) is 13.2 Å². The summed E-state index contributed by atoms with van der Waals surface area (Å²) in [5.74, 6) is -0.753. The first kappa shape index (κ1) is 21.7. The molecule has 1 aliphatic heterocycles. The van der Waals surface area contributed by atoms with E-state index < -0.39 is 21.9 Å². The third kappa shape index (κ3) is 4.42. The van der Waals surface area contributed by atoms with E-state index in [1.165, 1.54) is 16.4 Å². The van der Waals surface area contributed by atoms with E-state index in [2.05, 4.69) is 0 Å². The second-order valence-corrected chi connectivity index (χ2v) is 9.68. The number of halogens is 4. The van der Waals surface area contributed by atoms with Gasteiger partial charge in [-0.3, -0.25) is 4.79 Å². The van der Waals surface area contributed by atoms with E-state index in [1.54, 1.807) is 24.3 Å². The van der Waals surface area contributed by atoms with Crippen LogP contribution in [-0.4, -0.2) is 31.8 Å². The molecule has 0 atom stereocenters. The molecule has 0 radical (unpaired) electrons. The Morgan fingerprint density at radius 2 is 1.46 bits per heavy atom. The van der Waals surface area contributed by atoms with Crippen LogP contribution in [0, 0.1) is 5.92 Å². The minimum atomic E-state index is -3.86. The summed E-state index contributed by atoms with van der Waals surface area (Å²) >= 11 is 24.0. The summed E-state index contributed by atoms with van der Waals surface area (Å²) in [6, 6.07) is 9.28. The number of rotatable bonds is 4. The highest BCUT2D eigenvalue weighted by atomic mass is 35.5. The monoisotopic (exact) mass is 481 g/mol. The van der Waals surface area contributed by atoms with Gasteiger partial charge in [0.15, 0.2) is 5.75 Å². The van der Waals surface area contributed by atoms with Crippen molar-refractivity contribution >= 4 is 62.4 Å². The smallest absolute Gasteiger partial charge is 0.314 e. The highest BCUT2D eigenvalue weighted by molar-refractivity contribution is 7.89. The molecule has 0 aliphatic carbocycles. The zero-order valence-electron chi connectivity index (χ0n) is 14.4. The van der Waals surface area contributed by atoms with Gasteiger partial charge in [-0.15, -0.1) is 0 Å². The van der Waals surface area contributed by atoms with Crippen molar-refractivity contribution in [2.45, 2.75) is 17.7 Å². The number of ether oxygens (including phenoxy) is 1. The fourth-order valence-electron chi connectivity index (χ4n) is 2.94. The summed E-state index contributed by atoms with van der Waals surface area (Å²) < 4.78 is 32.4. The lowest BCUT2D eigenvalue weighted by atomic mass is 9.98. The maximum absolute atomic E-state index is 12.9. The summed E-state index contributed by atoms with van der Waals surface area (Å²) in [5.41, 5.74) is 0. The minimum absolute atomic E-state index is 0.0598. The Balaban J connectivity index is 1.69. The fraction of sp³-hybridized carbons (Fsp3) is 0.278. The number of benzene rings is 2. The van der Waals surface area contributed by atoms with Crippen LogP contribution in [0.4, 0.5) is 0 Å². The predicted molar refractivity (Wildman–Crippen MR) is 110 cm³/mol. The SMILES string of the molecule is O=C(Oc1cccc(Cl)c1Cl)C1CCN(S(=O)(=O)c2c(Cl)cccc2Cl)CC1. The Bertz CT molecular complexity index is 984. The molecule has 1 fully saturated rings. The summed E-state index contributed by atoms with van der Waals surface area (Å²) in [6.45, 7) is 0.292. The van der Waals surface area contributed by atoms with Crippen molar-refractivity contribution in [1.29, 1.82) is 0 Å². The average molecular weight is 483 g/mol. The molecule has 1 heterocycles. The van der Waals surface area contributed by atoms with Gasteiger partial charge in [-0.25, -0.2) is 8.42 Å². The molecule has 2 aromatic carbocycles. The number of piperidine rings is 1. The van der Waals surface area contributed by atoms with E-state index >= 15 is 0 Å². The first-order valence-electron chi connectivity index (χ1n) is 8.31. The van der Waals surface area contributed by atoms with E-state index in [-0.39, 0.29) is 43.8 Å². The zero-order chi connectivity index (χ0) is 20.5. The third-order valence-electron chi connectivity index (χ3n) is 4.43. The lowest BCUT2D eigenvalue weighted by Gasteiger charge is -2.30. The standard InChI is InChI=1S/C18H15Cl4NO4S/c19-12-3-2-6-15(16(12)22)27-18(24)11-7-9-23(10-8-11)28(25,26)17-13(20)4-1-5-14(17)21/h1-6,11H,7-10H2. The van der Waals surface area contributed by atoms with Crippen LogP contribution in [0.25, 0.3) is 0 Å². The number of carbonyl (C=O) groups is 1. The molecule has 0 N–H and O–H groups in total. The van der Waals surface area contributed by atoms with Crippen LogP contribution in [0.1, 0.15) is 12.8 Å². The van der Waals surface area contributed by atoms with Crippen LogP contribution in [0.2, 0.25) is 20.1 Å². The molecular formula is C18H15Cl4NO4S. The molecule has 2 aromatic rings. The van der Waals surface area contributed by atoms with Gasteiger partial charge in [0.1, 0.15) is 9.92 Å². The summed E-state index contributed by atoms with van der Waals surface area (Å²) in [5, 5.41) is 0.560. The number of nitrogens with zero attached hydrogens (tertiary/aromatic N) is 1. The molecule has 0 saturated carbocycles. The third-order valence-corrected chi connectivity index (χ3v) is 8.09. The molecule has 0 aromatic heterocycles. The highest BCUT2D eigenvalue weighted by Crippen LogP contribution is 2.35. The maximum Gasteiger partial charge on any atom is 0.314 e. The van der Waals surface area contributed by atoms with Gasteiger partial charge in [-0.1, -0.05) is 58.5 Å². The van der Waals surface area contributed by atoms with Crippen LogP contribution in [0.5, 0.6) is 5.75 Å². The molecule has 3 rings (SSSR count). The number of hydrogen-bond acceptors (Lipinski definition) is 4. The van der Waals surface area contributed by atoms with Crippen LogP contribution in [0.3, 0.4) is 0 Å². The van der Waals surface area contributed by atoms with Crippen molar-refractivity contribution < 1.29 is 17.9 Å². The zero-order valence-corrected chi connectivity index (χ0v) is 18.2. The van der Waals surface area contributed by atoms with Gasteiger partial charge in [0.05, 0.1) is 21.0 Å². The van der Waals surface area contributed by atoms with Gasteiger partial charge in [-0.2, -0.15) is 4.31 Å². The number of sulfonamides is 1. The normalized spacial score (nSPS) is 16.1. The molecule has 28 heavy (non-hydrogen) atoms. The van der Waals surface area contributed by atoms with E-state index in [0.29, 0.717) is 12.8 Å². The number of esters is 1. The van der Waals surface area contributed by atoms with Crippen molar-refractivity contribution in [2.24, 2.45) is 5.92 Å². The Labute approximate surface area is 183 Å². The van der Waals surface area contributed by atoms with Gasteiger partial charge in [0.25, 0.3) is 0 Å². The average Bonchev–Trinajstić information content (AvgIpc) is 2.65. The molecule has 0 spiro atoms. The quantitative estimate of drug-likeness (QED) is 0.437. The van der Waals surface area contributed by atoms with Crippen LogP contribution < -0.4 is 4.74 Å². The lowest BCUT2D eigenvalue weighted by Crippen LogP contribution is -2.41. The van der Waals surface area contributed by atoms with Gasteiger partial charge in [0.2, 0.25) is 10.0 Å². The molecule has 5 nitrogen and oxygen atoms in total. The lowest BCUT2D eigenvalue weighted by molar-refractivity contribution is -0.140. The van der Waals surface area contributed by atoms with E-state index in [0.717, 1.165) is 0 Å². The Morgan fingerprint density at radius 1 is 0.929 bits per heavy atom. The Kier molecular flexibility index (Phi) is 6.80. The summed E-state index contributed by atoms with van der Waals surface area (Å²) in [7, 11) is -3.86. The highest BCUT2D eigenvalue weighted by Gasteiger charge is 2.35.